The number of cyclic esters (lactones) is 1. The summed E-state index contributed by atoms with van der Waals surface area (Å²) in [4.78, 5) is 41.6. The Balaban J connectivity index is 2.20. The zero-order valence-corrected chi connectivity index (χ0v) is 22.9. The smallest absolute Gasteiger partial charge is 0.329 e. The summed E-state index contributed by atoms with van der Waals surface area (Å²) in [5.41, 5.74) is -0.0920. The summed E-state index contributed by atoms with van der Waals surface area (Å²) < 4.78 is 27.7. The molecular formula is C27H42N2O8. The van der Waals surface area contributed by atoms with E-state index in [4.69, 9.17) is 23.7 Å². The van der Waals surface area contributed by atoms with Gasteiger partial charge in [0.15, 0.2) is 17.2 Å². The summed E-state index contributed by atoms with van der Waals surface area (Å²) in [6.45, 7) is 9.60. The van der Waals surface area contributed by atoms with E-state index in [0.717, 1.165) is 32.1 Å². The van der Waals surface area contributed by atoms with Crippen molar-refractivity contribution in [2.24, 2.45) is 11.8 Å². The van der Waals surface area contributed by atoms with Crippen LogP contribution in [0.4, 0.5) is 0 Å². The SMILES string of the molecule is CCC[C@H]1CCCC[C@H](NC(=O)c2nccc(OC)c2OCOC(C)=O)C(=O)O[C@@H](C)[C@@H]1OCC(C)C. The molecule has 1 aromatic heterocycles. The van der Waals surface area contributed by atoms with E-state index in [1.54, 1.807) is 0 Å². The molecule has 0 unspecified atom stereocenters. The number of nitrogens with zero attached hydrogens (tertiary/aromatic N) is 1. The standard InChI is InChI=1S/C27H42N2O8/c1-7-10-20-11-8-9-12-21(27(32)37-18(4)24(20)34-15-17(2)3)29-26(31)23-25(36-16-35-19(5)30)22(33-6)13-14-28-23/h13-14,17-18,20-21,24H,7-12,15-16H2,1-6H3,(H,29,31)/t18-,20-,21-,24-/m0/s1. The van der Waals surface area contributed by atoms with Crippen molar-refractivity contribution in [3.05, 3.63) is 18.0 Å². The van der Waals surface area contributed by atoms with Crippen molar-refractivity contribution in [2.75, 3.05) is 20.5 Å². The van der Waals surface area contributed by atoms with E-state index in [1.807, 2.05) is 6.92 Å². The molecule has 1 aliphatic rings. The maximum atomic E-state index is 13.2. The van der Waals surface area contributed by atoms with Crippen LogP contribution in [0.25, 0.3) is 0 Å². The molecule has 0 aromatic carbocycles. The van der Waals surface area contributed by atoms with Crippen molar-refractivity contribution in [1.82, 2.24) is 10.3 Å². The number of carbonyl (C=O) groups excluding carboxylic acids is 3. The lowest BCUT2D eigenvalue weighted by Gasteiger charge is -2.34. The highest BCUT2D eigenvalue weighted by Crippen LogP contribution is 2.30. The Bertz CT molecular complexity index is 891. The predicted octanol–water partition coefficient (Wildman–Crippen LogP) is 4.05. The number of ether oxygens (including phenoxy) is 5. The van der Waals surface area contributed by atoms with Gasteiger partial charge in [-0.3, -0.25) is 9.59 Å². The lowest BCUT2D eigenvalue weighted by atomic mass is 9.87. The second-order valence-electron chi connectivity index (χ2n) is 9.78. The molecule has 1 amide bonds. The molecule has 0 bridgehead atoms. The summed E-state index contributed by atoms with van der Waals surface area (Å²) in [7, 11) is 1.42. The van der Waals surface area contributed by atoms with Gasteiger partial charge in [0.05, 0.1) is 13.2 Å². The number of hydrogen-bond donors (Lipinski definition) is 1. The van der Waals surface area contributed by atoms with E-state index >= 15 is 0 Å². The van der Waals surface area contributed by atoms with Gasteiger partial charge in [0, 0.05) is 25.8 Å². The second kappa shape index (κ2) is 15.4. The van der Waals surface area contributed by atoms with E-state index in [2.05, 4.69) is 31.1 Å². The van der Waals surface area contributed by atoms with Crippen LogP contribution in [0, 0.1) is 11.8 Å². The molecule has 4 atom stereocenters. The molecule has 2 heterocycles. The molecule has 1 aliphatic heterocycles. The number of methoxy groups -OCH3 is 1. The maximum absolute atomic E-state index is 13.2. The van der Waals surface area contributed by atoms with Crippen molar-refractivity contribution in [2.45, 2.75) is 91.4 Å². The first kappa shape index (κ1) is 30.3. The van der Waals surface area contributed by atoms with E-state index in [1.165, 1.54) is 26.3 Å². The summed E-state index contributed by atoms with van der Waals surface area (Å²) in [5, 5.41) is 2.75. The number of aromatic nitrogens is 1. The van der Waals surface area contributed by atoms with Gasteiger partial charge in [0.25, 0.3) is 5.91 Å². The molecule has 0 spiro atoms. The van der Waals surface area contributed by atoms with Crippen LogP contribution in [0.2, 0.25) is 0 Å². The summed E-state index contributed by atoms with van der Waals surface area (Å²) in [5.74, 6) is -0.766. The third-order valence-electron chi connectivity index (χ3n) is 6.19. The topological polar surface area (TPSA) is 122 Å². The minimum atomic E-state index is -0.863. The quantitative estimate of drug-likeness (QED) is 0.339. The molecule has 10 heteroatoms. The monoisotopic (exact) mass is 522 g/mol. The van der Waals surface area contributed by atoms with Gasteiger partial charge >= 0.3 is 11.9 Å². The Hall–Kier alpha value is -2.88. The average molecular weight is 523 g/mol. The van der Waals surface area contributed by atoms with Crippen LogP contribution in [0.1, 0.15) is 83.6 Å². The van der Waals surface area contributed by atoms with E-state index < -0.39 is 36.8 Å². The zero-order chi connectivity index (χ0) is 27.4. The van der Waals surface area contributed by atoms with Gasteiger partial charge in [-0.15, -0.1) is 0 Å². The summed E-state index contributed by atoms with van der Waals surface area (Å²) in [6.07, 6.45) is 5.81. The lowest BCUT2D eigenvalue weighted by Crippen LogP contribution is -2.46. The van der Waals surface area contributed by atoms with Gasteiger partial charge < -0.3 is 29.0 Å². The molecule has 1 saturated heterocycles. The van der Waals surface area contributed by atoms with Gasteiger partial charge in [0.1, 0.15) is 12.1 Å². The van der Waals surface area contributed by atoms with Gasteiger partial charge in [-0.2, -0.15) is 0 Å². The largest absolute Gasteiger partial charge is 0.493 e. The van der Waals surface area contributed by atoms with Crippen LogP contribution in [-0.4, -0.2) is 61.6 Å². The molecule has 1 N–H and O–H groups in total. The number of nitrogens with one attached hydrogen (secondary N) is 1. The fourth-order valence-corrected chi connectivity index (χ4v) is 4.43. The first-order valence-corrected chi connectivity index (χ1v) is 13.1. The number of esters is 2. The second-order valence-corrected chi connectivity index (χ2v) is 9.78. The number of hydrogen-bond acceptors (Lipinski definition) is 9. The van der Waals surface area contributed by atoms with Gasteiger partial charge in [-0.1, -0.05) is 40.0 Å². The Labute approximate surface area is 219 Å². The first-order valence-electron chi connectivity index (χ1n) is 13.1. The zero-order valence-electron chi connectivity index (χ0n) is 22.9. The number of rotatable bonds is 11. The fourth-order valence-electron chi connectivity index (χ4n) is 4.43. The highest BCUT2D eigenvalue weighted by atomic mass is 16.7. The molecule has 1 aromatic rings. The number of carbonyl (C=O) groups is 3. The molecule has 208 valence electrons. The third kappa shape index (κ3) is 9.50. The fraction of sp³-hybridized carbons (Fsp3) is 0.704. The Kier molecular flexibility index (Phi) is 12.6. The lowest BCUT2D eigenvalue weighted by molar-refractivity contribution is -0.163. The number of amides is 1. The van der Waals surface area contributed by atoms with Crippen molar-refractivity contribution in [3.63, 3.8) is 0 Å². The molecule has 0 aliphatic carbocycles. The molecule has 1 fully saturated rings. The maximum Gasteiger partial charge on any atom is 0.329 e. The van der Waals surface area contributed by atoms with Gasteiger partial charge in [0.2, 0.25) is 6.79 Å². The average Bonchev–Trinajstić information content (AvgIpc) is 2.84. The Morgan fingerprint density at radius 3 is 2.62 bits per heavy atom. The highest BCUT2D eigenvalue weighted by Gasteiger charge is 2.34. The van der Waals surface area contributed by atoms with Crippen molar-refractivity contribution in [1.29, 1.82) is 0 Å². The van der Waals surface area contributed by atoms with Gasteiger partial charge in [-0.05, 0) is 38.0 Å². The van der Waals surface area contributed by atoms with E-state index in [-0.39, 0.29) is 23.3 Å². The van der Waals surface area contributed by atoms with Crippen LogP contribution < -0.4 is 14.8 Å². The van der Waals surface area contributed by atoms with Crippen LogP contribution >= 0.6 is 0 Å². The summed E-state index contributed by atoms with van der Waals surface area (Å²) >= 11 is 0. The molecule has 10 nitrogen and oxygen atoms in total. The Morgan fingerprint density at radius 2 is 1.97 bits per heavy atom. The minimum absolute atomic E-state index is 0.00917. The third-order valence-corrected chi connectivity index (χ3v) is 6.19. The predicted molar refractivity (Wildman–Crippen MR) is 136 cm³/mol. The van der Waals surface area contributed by atoms with Crippen molar-refractivity contribution < 1.29 is 38.1 Å². The van der Waals surface area contributed by atoms with Crippen molar-refractivity contribution in [3.8, 4) is 11.5 Å². The molecular weight excluding hydrogens is 480 g/mol. The normalized spacial score (nSPS) is 22.6. The molecule has 2 rings (SSSR count). The van der Waals surface area contributed by atoms with Crippen LogP contribution in [0.5, 0.6) is 11.5 Å². The minimum Gasteiger partial charge on any atom is -0.493 e. The van der Waals surface area contributed by atoms with Crippen LogP contribution in [0.15, 0.2) is 12.3 Å². The highest BCUT2D eigenvalue weighted by molar-refractivity contribution is 5.98. The van der Waals surface area contributed by atoms with Crippen LogP contribution in [-0.2, 0) is 23.8 Å². The Morgan fingerprint density at radius 1 is 1.24 bits per heavy atom. The van der Waals surface area contributed by atoms with E-state index in [0.29, 0.717) is 24.9 Å². The first-order chi connectivity index (χ1) is 17.7. The van der Waals surface area contributed by atoms with E-state index in [9.17, 15) is 14.4 Å². The summed E-state index contributed by atoms with van der Waals surface area (Å²) in [6, 6.07) is 0.654. The van der Waals surface area contributed by atoms with Crippen LogP contribution in [0.3, 0.4) is 0 Å². The molecule has 0 saturated carbocycles. The van der Waals surface area contributed by atoms with Crippen molar-refractivity contribution >= 4 is 17.8 Å². The molecule has 37 heavy (non-hydrogen) atoms. The van der Waals surface area contributed by atoms with Gasteiger partial charge in [-0.25, -0.2) is 9.78 Å². The number of pyridine rings is 1. The molecule has 0 radical (unpaired) electrons.